The van der Waals surface area contributed by atoms with Crippen LogP contribution in [0.3, 0.4) is 0 Å². The van der Waals surface area contributed by atoms with Crippen molar-refractivity contribution >= 4 is 11.6 Å². The van der Waals surface area contributed by atoms with E-state index in [0.29, 0.717) is 0 Å². The van der Waals surface area contributed by atoms with E-state index >= 15 is 0 Å². The van der Waals surface area contributed by atoms with E-state index in [9.17, 15) is 0 Å². The molecule has 1 N–H and O–H groups in total. The lowest BCUT2D eigenvalue weighted by Crippen LogP contribution is -2.19. The van der Waals surface area contributed by atoms with Crippen molar-refractivity contribution in [2.45, 2.75) is 26.3 Å². The second-order valence-corrected chi connectivity index (χ2v) is 5.39. The SMILES string of the molecule is CNC(Cc1cccc(C)c1)c1cccc(C)c1Cl. The van der Waals surface area contributed by atoms with Crippen molar-refractivity contribution in [2.75, 3.05) is 7.05 Å². The minimum Gasteiger partial charge on any atom is -0.313 e. The molecule has 1 nitrogen and oxygen atoms in total. The molecule has 100 valence electrons. The molecule has 2 rings (SSSR count). The van der Waals surface area contributed by atoms with E-state index in [1.165, 1.54) is 16.7 Å². The minimum atomic E-state index is 0.245. The van der Waals surface area contributed by atoms with Gasteiger partial charge in [-0.25, -0.2) is 0 Å². The molecule has 0 aliphatic carbocycles. The highest BCUT2D eigenvalue weighted by Gasteiger charge is 2.14. The topological polar surface area (TPSA) is 12.0 Å². The van der Waals surface area contributed by atoms with Gasteiger partial charge >= 0.3 is 0 Å². The van der Waals surface area contributed by atoms with E-state index in [0.717, 1.165) is 17.0 Å². The number of hydrogen-bond donors (Lipinski definition) is 1. The Morgan fingerprint density at radius 3 is 2.53 bits per heavy atom. The zero-order valence-electron chi connectivity index (χ0n) is 11.7. The molecule has 19 heavy (non-hydrogen) atoms. The van der Waals surface area contributed by atoms with Crippen LogP contribution in [0.1, 0.15) is 28.3 Å². The third-order valence-corrected chi connectivity index (χ3v) is 3.98. The molecule has 0 fully saturated rings. The maximum atomic E-state index is 6.42. The summed E-state index contributed by atoms with van der Waals surface area (Å²) in [4.78, 5) is 0. The number of aryl methyl sites for hydroxylation is 2. The Morgan fingerprint density at radius 1 is 1.11 bits per heavy atom. The van der Waals surface area contributed by atoms with Crippen LogP contribution in [0.4, 0.5) is 0 Å². The molecule has 2 heteroatoms. The van der Waals surface area contributed by atoms with Gasteiger partial charge in [-0.15, -0.1) is 0 Å². The van der Waals surface area contributed by atoms with Crippen molar-refractivity contribution in [1.29, 1.82) is 0 Å². The Labute approximate surface area is 120 Å². The third-order valence-electron chi connectivity index (χ3n) is 3.47. The van der Waals surface area contributed by atoms with Gasteiger partial charge in [0.2, 0.25) is 0 Å². The molecule has 0 amide bonds. The third kappa shape index (κ3) is 3.37. The largest absolute Gasteiger partial charge is 0.313 e. The first-order valence-electron chi connectivity index (χ1n) is 6.59. The molecule has 2 aromatic rings. The number of likely N-dealkylation sites (N-methyl/N-ethyl adjacent to an activating group) is 1. The van der Waals surface area contributed by atoms with Crippen LogP contribution >= 0.6 is 11.6 Å². The van der Waals surface area contributed by atoms with E-state index in [1.807, 2.05) is 20.0 Å². The fourth-order valence-corrected chi connectivity index (χ4v) is 2.64. The lowest BCUT2D eigenvalue weighted by Gasteiger charge is -2.19. The Morgan fingerprint density at radius 2 is 1.84 bits per heavy atom. The van der Waals surface area contributed by atoms with Gasteiger partial charge in [-0.3, -0.25) is 0 Å². The number of rotatable bonds is 4. The second kappa shape index (κ2) is 6.23. The van der Waals surface area contributed by atoms with Crippen LogP contribution in [0.5, 0.6) is 0 Å². The molecular weight excluding hydrogens is 254 g/mol. The highest BCUT2D eigenvalue weighted by Crippen LogP contribution is 2.28. The molecule has 0 saturated carbocycles. The average molecular weight is 274 g/mol. The van der Waals surface area contributed by atoms with Crippen molar-refractivity contribution in [1.82, 2.24) is 5.32 Å². The Balaban J connectivity index is 2.28. The highest BCUT2D eigenvalue weighted by molar-refractivity contribution is 6.32. The molecule has 0 heterocycles. The minimum absolute atomic E-state index is 0.245. The summed E-state index contributed by atoms with van der Waals surface area (Å²) in [6.45, 7) is 4.17. The summed E-state index contributed by atoms with van der Waals surface area (Å²) in [5, 5.41) is 4.24. The van der Waals surface area contributed by atoms with Gasteiger partial charge in [0.25, 0.3) is 0 Å². The summed E-state index contributed by atoms with van der Waals surface area (Å²) >= 11 is 6.42. The predicted octanol–water partition coefficient (Wildman–Crippen LogP) is 4.46. The zero-order valence-corrected chi connectivity index (χ0v) is 12.5. The summed E-state index contributed by atoms with van der Waals surface area (Å²) in [6, 6.07) is 15.1. The van der Waals surface area contributed by atoms with Gasteiger partial charge in [0.15, 0.2) is 0 Å². The molecule has 0 aliphatic rings. The first-order chi connectivity index (χ1) is 9.11. The molecule has 0 bridgehead atoms. The maximum Gasteiger partial charge on any atom is 0.0483 e. The summed E-state index contributed by atoms with van der Waals surface area (Å²) in [5.74, 6) is 0. The normalized spacial score (nSPS) is 12.4. The number of hydrogen-bond acceptors (Lipinski definition) is 1. The van der Waals surface area contributed by atoms with Crippen LogP contribution in [0, 0.1) is 13.8 Å². The first-order valence-corrected chi connectivity index (χ1v) is 6.97. The van der Waals surface area contributed by atoms with E-state index in [-0.39, 0.29) is 6.04 Å². The van der Waals surface area contributed by atoms with Gasteiger partial charge in [-0.1, -0.05) is 59.6 Å². The summed E-state index contributed by atoms with van der Waals surface area (Å²) < 4.78 is 0. The van der Waals surface area contributed by atoms with Crippen LogP contribution in [0.2, 0.25) is 5.02 Å². The number of halogens is 1. The van der Waals surface area contributed by atoms with Gasteiger partial charge in [0.1, 0.15) is 0 Å². The van der Waals surface area contributed by atoms with E-state index in [4.69, 9.17) is 11.6 Å². The highest BCUT2D eigenvalue weighted by atomic mass is 35.5. The molecule has 0 saturated heterocycles. The number of benzene rings is 2. The predicted molar refractivity (Wildman–Crippen MR) is 82.9 cm³/mol. The lowest BCUT2D eigenvalue weighted by molar-refractivity contribution is 0.592. The number of nitrogens with one attached hydrogen (secondary N) is 1. The van der Waals surface area contributed by atoms with Gasteiger partial charge in [-0.2, -0.15) is 0 Å². The van der Waals surface area contributed by atoms with Crippen LogP contribution in [0.25, 0.3) is 0 Å². The molecule has 1 atom stereocenters. The average Bonchev–Trinajstić information content (AvgIpc) is 2.40. The Hall–Kier alpha value is -1.31. The van der Waals surface area contributed by atoms with Gasteiger partial charge in [0.05, 0.1) is 0 Å². The molecular formula is C17H20ClN. The van der Waals surface area contributed by atoms with E-state index in [1.54, 1.807) is 0 Å². The Kier molecular flexibility index (Phi) is 4.62. The molecule has 0 aromatic heterocycles. The van der Waals surface area contributed by atoms with Gasteiger partial charge in [0, 0.05) is 11.1 Å². The van der Waals surface area contributed by atoms with Gasteiger partial charge < -0.3 is 5.32 Å². The molecule has 1 unspecified atom stereocenters. The zero-order chi connectivity index (χ0) is 13.8. The van der Waals surface area contributed by atoms with Crippen molar-refractivity contribution < 1.29 is 0 Å². The molecule has 0 aliphatic heterocycles. The van der Waals surface area contributed by atoms with E-state index < -0.39 is 0 Å². The van der Waals surface area contributed by atoms with Crippen molar-refractivity contribution in [3.8, 4) is 0 Å². The van der Waals surface area contributed by atoms with Crippen LogP contribution in [0.15, 0.2) is 42.5 Å². The molecule has 0 spiro atoms. The van der Waals surface area contributed by atoms with Crippen molar-refractivity contribution in [2.24, 2.45) is 0 Å². The second-order valence-electron chi connectivity index (χ2n) is 5.01. The van der Waals surface area contributed by atoms with Crippen molar-refractivity contribution in [3.63, 3.8) is 0 Å². The lowest BCUT2D eigenvalue weighted by atomic mass is 9.97. The fraction of sp³-hybridized carbons (Fsp3) is 0.294. The monoisotopic (exact) mass is 273 g/mol. The van der Waals surface area contributed by atoms with E-state index in [2.05, 4.69) is 48.6 Å². The van der Waals surface area contributed by atoms with Crippen LogP contribution in [-0.2, 0) is 6.42 Å². The molecule has 2 aromatic carbocycles. The maximum absolute atomic E-state index is 6.42. The summed E-state index contributed by atoms with van der Waals surface area (Å²) in [6.07, 6.45) is 0.946. The Bertz CT molecular complexity index is 563. The standard InChI is InChI=1S/C17H20ClN/c1-12-6-4-8-14(10-12)11-16(19-3)15-9-5-7-13(2)17(15)18/h4-10,16,19H,11H2,1-3H3. The van der Waals surface area contributed by atoms with Gasteiger partial charge in [-0.05, 0) is 44.0 Å². The smallest absolute Gasteiger partial charge is 0.0483 e. The first kappa shape index (κ1) is 14.1. The van der Waals surface area contributed by atoms with Crippen LogP contribution < -0.4 is 5.32 Å². The van der Waals surface area contributed by atoms with Crippen LogP contribution in [-0.4, -0.2) is 7.05 Å². The summed E-state index contributed by atoms with van der Waals surface area (Å²) in [5.41, 5.74) is 4.92. The quantitative estimate of drug-likeness (QED) is 0.867. The van der Waals surface area contributed by atoms with Crippen molar-refractivity contribution in [3.05, 3.63) is 69.7 Å². The molecule has 0 radical (unpaired) electrons. The summed E-state index contributed by atoms with van der Waals surface area (Å²) in [7, 11) is 1.99. The fourth-order valence-electron chi connectivity index (χ4n) is 2.38.